The first-order valence-electron chi connectivity index (χ1n) is 11.3. The van der Waals surface area contributed by atoms with Crippen LogP contribution in [0.15, 0.2) is 35.3 Å². The smallest absolute Gasteiger partial charge is 0.264 e. The average molecular weight is 485 g/mol. The number of carbonyl (C=O) groups is 1. The number of aromatic amines is 1. The lowest BCUT2D eigenvalue weighted by Gasteiger charge is -2.34. The van der Waals surface area contributed by atoms with Crippen molar-refractivity contribution in [2.75, 3.05) is 31.1 Å². The van der Waals surface area contributed by atoms with Gasteiger partial charge in [-0.1, -0.05) is 42.2 Å². The molecule has 5 rings (SSSR count). The molecule has 2 aliphatic rings. The Morgan fingerprint density at radius 1 is 1.03 bits per heavy atom. The highest BCUT2D eigenvalue weighted by atomic mass is 35.5. The monoisotopic (exact) mass is 484 g/mol. The summed E-state index contributed by atoms with van der Waals surface area (Å²) in [6, 6.07) is 7.00. The molecular weight excluding hydrogens is 460 g/mol. The first-order valence-corrected chi connectivity index (χ1v) is 12.5. The Morgan fingerprint density at radius 2 is 1.76 bits per heavy atom. The normalized spacial score (nSPS) is 17.4. The minimum Gasteiger partial charge on any atom is -0.343 e. The summed E-state index contributed by atoms with van der Waals surface area (Å²) in [6.45, 7) is 2.38. The lowest BCUT2D eigenvalue weighted by atomic mass is 9.90. The Hall–Kier alpha value is -2.78. The van der Waals surface area contributed by atoms with Crippen LogP contribution in [0, 0.1) is 0 Å². The van der Waals surface area contributed by atoms with Gasteiger partial charge in [-0.25, -0.2) is 4.98 Å². The molecule has 1 aromatic carbocycles. The molecule has 2 fully saturated rings. The molecule has 0 bridgehead atoms. The predicted octanol–water partition coefficient (Wildman–Crippen LogP) is 3.95. The van der Waals surface area contributed by atoms with Crippen LogP contribution in [0.1, 0.15) is 53.4 Å². The number of nitrogens with one attached hydrogen (secondary N) is 1. The lowest BCUT2D eigenvalue weighted by Crippen LogP contribution is -2.49. The largest absolute Gasteiger partial charge is 0.343 e. The van der Waals surface area contributed by atoms with Gasteiger partial charge in [-0.3, -0.25) is 9.59 Å². The lowest BCUT2D eigenvalue weighted by molar-refractivity contribution is 0.0744. The van der Waals surface area contributed by atoms with Crippen molar-refractivity contribution < 1.29 is 4.79 Å². The van der Waals surface area contributed by atoms with E-state index >= 15 is 0 Å². The zero-order valence-electron chi connectivity index (χ0n) is 18.2. The van der Waals surface area contributed by atoms with E-state index in [1.165, 1.54) is 38.3 Å². The van der Waals surface area contributed by atoms with Crippen LogP contribution >= 0.6 is 22.9 Å². The Bertz CT molecular complexity index is 1180. The minimum atomic E-state index is -0.441. The number of piperazine rings is 1. The molecular formula is C23H25ClN6O2S. The van der Waals surface area contributed by atoms with Crippen molar-refractivity contribution in [3.8, 4) is 11.4 Å². The van der Waals surface area contributed by atoms with E-state index in [0.717, 1.165) is 15.7 Å². The molecule has 0 radical (unpaired) electrons. The number of halogens is 1. The number of H-pyrrole nitrogens is 1. The zero-order chi connectivity index (χ0) is 22.8. The Labute approximate surface area is 200 Å². The van der Waals surface area contributed by atoms with E-state index in [-0.39, 0.29) is 11.5 Å². The molecule has 1 saturated heterocycles. The van der Waals surface area contributed by atoms with E-state index in [4.69, 9.17) is 11.6 Å². The van der Waals surface area contributed by atoms with Gasteiger partial charge < -0.3 is 14.8 Å². The highest BCUT2D eigenvalue weighted by molar-refractivity contribution is 7.15. The van der Waals surface area contributed by atoms with Crippen LogP contribution in [0.3, 0.4) is 0 Å². The molecule has 0 spiro atoms. The van der Waals surface area contributed by atoms with Gasteiger partial charge >= 0.3 is 0 Å². The molecule has 10 heteroatoms. The van der Waals surface area contributed by atoms with Crippen LogP contribution in [-0.2, 0) is 0 Å². The van der Waals surface area contributed by atoms with E-state index in [0.29, 0.717) is 42.9 Å². The maximum Gasteiger partial charge on any atom is 0.264 e. The van der Waals surface area contributed by atoms with Crippen LogP contribution in [0.25, 0.3) is 11.4 Å². The fraction of sp³-hybridized carbons (Fsp3) is 0.435. The fourth-order valence-corrected chi connectivity index (χ4v) is 5.63. The Morgan fingerprint density at radius 3 is 2.45 bits per heavy atom. The Kier molecular flexibility index (Phi) is 6.41. The second-order valence-corrected chi connectivity index (χ2v) is 9.94. The molecule has 0 unspecified atom stereocenters. The third-order valence-corrected chi connectivity index (χ3v) is 7.77. The maximum absolute atomic E-state index is 13.0. The van der Waals surface area contributed by atoms with Crippen LogP contribution in [0.5, 0.6) is 0 Å². The summed E-state index contributed by atoms with van der Waals surface area (Å²) in [5.74, 6) is 0.650. The summed E-state index contributed by atoms with van der Waals surface area (Å²) in [7, 11) is 0. The first-order chi connectivity index (χ1) is 16.1. The van der Waals surface area contributed by atoms with Crippen LogP contribution < -0.4 is 10.5 Å². The quantitative estimate of drug-likeness (QED) is 0.602. The van der Waals surface area contributed by atoms with Gasteiger partial charge in [0.05, 0.1) is 0 Å². The number of carbonyl (C=O) groups excluding carboxylic acids is 1. The first kappa shape index (κ1) is 22.0. The molecule has 172 valence electrons. The molecule has 8 nitrogen and oxygen atoms in total. The van der Waals surface area contributed by atoms with Crippen molar-refractivity contribution in [1.29, 1.82) is 0 Å². The summed E-state index contributed by atoms with van der Waals surface area (Å²) in [5.41, 5.74) is 0.342. The average Bonchev–Trinajstić information content (AvgIpc) is 3.35. The molecule has 1 N–H and O–H groups in total. The van der Waals surface area contributed by atoms with Crippen molar-refractivity contribution in [2.24, 2.45) is 0 Å². The van der Waals surface area contributed by atoms with E-state index in [1.54, 1.807) is 40.5 Å². The number of hydrogen-bond donors (Lipinski definition) is 1. The molecule has 1 amide bonds. The SMILES string of the molecule is O=C(c1cnc(-c2ccc(Cl)cc2)[nH]c1=O)N1CCN(c2nnc(C3CCCCC3)s2)CC1. The number of benzene rings is 1. The van der Waals surface area contributed by atoms with E-state index < -0.39 is 5.56 Å². The topological polar surface area (TPSA) is 95.1 Å². The fourth-order valence-electron chi connectivity index (χ4n) is 4.44. The van der Waals surface area contributed by atoms with Crippen molar-refractivity contribution >= 4 is 34.0 Å². The van der Waals surface area contributed by atoms with Crippen molar-refractivity contribution in [1.82, 2.24) is 25.1 Å². The van der Waals surface area contributed by atoms with Crippen LogP contribution in [-0.4, -0.2) is 57.2 Å². The number of anilines is 1. The van der Waals surface area contributed by atoms with Crippen LogP contribution in [0.2, 0.25) is 5.02 Å². The van der Waals surface area contributed by atoms with Crippen LogP contribution in [0.4, 0.5) is 5.13 Å². The number of hydrogen-bond acceptors (Lipinski definition) is 7. The van der Waals surface area contributed by atoms with Gasteiger partial charge in [0.15, 0.2) is 0 Å². The molecule has 1 aliphatic heterocycles. The van der Waals surface area contributed by atoms with E-state index in [2.05, 4.69) is 25.1 Å². The molecule has 0 atom stereocenters. The molecule has 1 aliphatic carbocycles. The van der Waals surface area contributed by atoms with E-state index in [1.807, 2.05) is 0 Å². The molecule has 33 heavy (non-hydrogen) atoms. The van der Waals surface area contributed by atoms with Crippen molar-refractivity contribution in [3.05, 3.63) is 56.4 Å². The molecule has 1 saturated carbocycles. The molecule has 2 aromatic heterocycles. The predicted molar refractivity (Wildman–Crippen MR) is 129 cm³/mol. The summed E-state index contributed by atoms with van der Waals surface area (Å²) >= 11 is 7.60. The molecule has 3 aromatic rings. The number of nitrogens with zero attached hydrogens (tertiary/aromatic N) is 5. The molecule has 3 heterocycles. The second-order valence-electron chi connectivity index (χ2n) is 8.52. The number of aromatic nitrogens is 4. The number of amides is 1. The van der Waals surface area contributed by atoms with Gasteiger partial charge in [0.25, 0.3) is 11.5 Å². The van der Waals surface area contributed by atoms with Crippen molar-refractivity contribution in [2.45, 2.75) is 38.0 Å². The second kappa shape index (κ2) is 9.61. The standard InChI is InChI=1S/C23H25ClN6O2S/c24-17-8-6-15(7-9-17)19-25-14-18(20(31)26-19)22(32)29-10-12-30(13-11-29)23-28-27-21(33-23)16-4-2-1-3-5-16/h6-9,14,16H,1-5,10-13H2,(H,25,26,31). The summed E-state index contributed by atoms with van der Waals surface area (Å²) in [5, 5.41) is 11.5. The zero-order valence-corrected chi connectivity index (χ0v) is 19.7. The highest BCUT2D eigenvalue weighted by Crippen LogP contribution is 2.36. The minimum absolute atomic E-state index is 0.0525. The van der Waals surface area contributed by atoms with Gasteiger partial charge in [0, 0.05) is 48.9 Å². The van der Waals surface area contributed by atoms with Crippen molar-refractivity contribution in [3.63, 3.8) is 0 Å². The third-order valence-electron chi connectivity index (χ3n) is 6.37. The maximum atomic E-state index is 13.0. The van der Waals surface area contributed by atoms with Gasteiger partial charge in [-0.05, 0) is 37.1 Å². The van der Waals surface area contributed by atoms with Gasteiger partial charge in [-0.2, -0.15) is 0 Å². The number of rotatable bonds is 4. The van der Waals surface area contributed by atoms with Gasteiger partial charge in [0.1, 0.15) is 16.4 Å². The summed E-state index contributed by atoms with van der Waals surface area (Å²) < 4.78 is 0. The summed E-state index contributed by atoms with van der Waals surface area (Å²) in [4.78, 5) is 36.5. The van der Waals surface area contributed by atoms with E-state index in [9.17, 15) is 9.59 Å². The van der Waals surface area contributed by atoms with Gasteiger partial charge in [0.2, 0.25) is 5.13 Å². The van der Waals surface area contributed by atoms with Gasteiger partial charge in [-0.15, -0.1) is 10.2 Å². The Balaban J connectivity index is 1.22. The third kappa shape index (κ3) is 4.79. The highest BCUT2D eigenvalue weighted by Gasteiger charge is 2.27. The summed E-state index contributed by atoms with van der Waals surface area (Å²) in [6.07, 6.45) is 7.63.